The van der Waals surface area contributed by atoms with E-state index in [1.54, 1.807) is 0 Å². The SMILES string of the molecule is O=C(NCCNC1CCC1C(=O)O)C1CC1. The zero-order valence-electron chi connectivity index (χ0n) is 9.24. The van der Waals surface area contributed by atoms with Crippen LogP contribution in [0.4, 0.5) is 0 Å². The van der Waals surface area contributed by atoms with Crippen molar-refractivity contribution in [2.75, 3.05) is 13.1 Å². The van der Waals surface area contributed by atoms with Gasteiger partial charge < -0.3 is 15.7 Å². The molecule has 2 aliphatic carbocycles. The zero-order valence-corrected chi connectivity index (χ0v) is 9.24. The number of hydrogen-bond acceptors (Lipinski definition) is 3. The summed E-state index contributed by atoms with van der Waals surface area (Å²) in [6.07, 6.45) is 3.72. The molecule has 0 heterocycles. The number of carboxylic acid groups (broad SMARTS) is 1. The molecule has 0 saturated heterocycles. The second kappa shape index (κ2) is 4.82. The van der Waals surface area contributed by atoms with Crippen LogP contribution < -0.4 is 10.6 Å². The van der Waals surface area contributed by atoms with E-state index >= 15 is 0 Å². The van der Waals surface area contributed by atoms with Crippen molar-refractivity contribution in [2.45, 2.75) is 31.7 Å². The van der Waals surface area contributed by atoms with Crippen molar-refractivity contribution in [3.63, 3.8) is 0 Å². The van der Waals surface area contributed by atoms with E-state index in [-0.39, 0.29) is 23.8 Å². The van der Waals surface area contributed by atoms with Gasteiger partial charge in [-0.15, -0.1) is 0 Å². The third kappa shape index (κ3) is 2.72. The average molecular weight is 226 g/mol. The van der Waals surface area contributed by atoms with Crippen molar-refractivity contribution in [3.05, 3.63) is 0 Å². The summed E-state index contributed by atoms with van der Waals surface area (Å²) in [7, 11) is 0. The first-order valence-electron chi connectivity index (χ1n) is 5.92. The Morgan fingerprint density at radius 1 is 1.12 bits per heavy atom. The number of carboxylic acids is 1. The lowest BCUT2D eigenvalue weighted by Gasteiger charge is -2.34. The van der Waals surface area contributed by atoms with Gasteiger partial charge in [0, 0.05) is 25.0 Å². The molecule has 2 rings (SSSR count). The third-order valence-electron chi connectivity index (χ3n) is 3.37. The lowest BCUT2D eigenvalue weighted by atomic mass is 9.79. The molecule has 2 aliphatic rings. The lowest BCUT2D eigenvalue weighted by molar-refractivity contribution is -0.146. The van der Waals surface area contributed by atoms with Gasteiger partial charge in [-0.25, -0.2) is 0 Å². The second-order valence-electron chi connectivity index (χ2n) is 4.65. The normalized spacial score (nSPS) is 28.2. The summed E-state index contributed by atoms with van der Waals surface area (Å²) >= 11 is 0. The van der Waals surface area contributed by atoms with Gasteiger partial charge in [0.15, 0.2) is 0 Å². The van der Waals surface area contributed by atoms with Crippen LogP contribution in [-0.2, 0) is 9.59 Å². The quantitative estimate of drug-likeness (QED) is 0.556. The summed E-state index contributed by atoms with van der Waals surface area (Å²) in [4.78, 5) is 22.0. The highest BCUT2D eigenvalue weighted by Gasteiger charge is 2.36. The molecule has 0 aromatic rings. The average Bonchev–Trinajstić information content (AvgIpc) is 2.97. The fourth-order valence-electron chi connectivity index (χ4n) is 1.97. The monoisotopic (exact) mass is 226 g/mol. The Morgan fingerprint density at radius 3 is 2.38 bits per heavy atom. The minimum absolute atomic E-state index is 0.0929. The Balaban J connectivity index is 1.54. The van der Waals surface area contributed by atoms with Crippen molar-refractivity contribution in [3.8, 4) is 0 Å². The molecule has 3 N–H and O–H groups in total. The number of aliphatic carboxylic acids is 1. The molecule has 0 bridgehead atoms. The molecule has 90 valence electrons. The van der Waals surface area contributed by atoms with Crippen molar-refractivity contribution >= 4 is 11.9 Å². The summed E-state index contributed by atoms with van der Waals surface area (Å²) in [6, 6.07) is 0.0929. The maximum Gasteiger partial charge on any atom is 0.308 e. The van der Waals surface area contributed by atoms with E-state index < -0.39 is 5.97 Å². The molecule has 2 unspecified atom stereocenters. The zero-order chi connectivity index (χ0) is 11.5. The largest absolute Gasteiger partial charge is 0.481 e. The highest BCUT2D eigenvalue weighted by Crippen LogP contribution is 2.28. The third-order valence-corrected chi connectivity index (χ3v) is 3.37. The maximum absolute atomic E-state index is 11.3. The van der Waals surface area contributed by atoms with Crippen LogP contribution >= 0.6 is 0 Å². The van der Waals surface area contributed by atoms with Gasteiger partial charge in [0.1, 0.15) is 0 Å². The van der Waals surface area contributed by atoms with Crippen LogP contribution in [0, 0.1) is 11.8 Å². The summed E-state index contributed by atoms with van der Waals surface area (Å²) in [5, 5.41) is 14.8. The van der Waals surface area contributed by atoms with Crippen molar-refractivity contribution in [1.29, 1.82) is 0 Å². The highest BCUT2D eigenvalue weighted by atomic mass is 16.4. The summed E-state index contributed by atoms with van der Waals surface area (Å²) in [6.45, 7) is 1.26. The van der Waals surface area contributed by atoms with Gasteiger partial charge >= 0.3 is 5.97 Å². The van der Waals surface area contributed by atoms with Gasteiger partial charge in [0.05, 0.1) is 5.92 Å². The molecule has 16 heavy (non-hydrogen) atoms. The molecule has 0 aromatic heterocycles. The molecule has 1 amide bonds. The summed E-state index contributed by atoms with van der Waals surface area (Å²) in [5.41, 5.74) is 0. The van der Waals surface area contributed by atoms with Crippen LogP contribution in [0.3, 0.4) is 0 Å². The topological polar surface area (TPSA) is 78.4 Å². The second-order valence-corrected chi connectivity index (χ2v) is 4.65. The van der Waals surface area contributed by atoms with Crippen LogP contribution in [0.15, 0.2) is 0 Å². The van der Waals surface area contributed by atoms with Crippen LogP contribution in [0.5, 0.6) is 0 Å². The van der Waals surface area contributed by atoms with E-state index in [1.165, 1.54) is 0 Å². The number of carbonyl (C=O) groups excluding carboxylic acids is 1. The molecule has 2 fully saturated rings. The summed E-state index contributed by atoms with van der Waals surface area (Å²) < 4.78 is 0. The van der Waals surface area contributed by atoms with E-state index in [2.05, 4.69) is 10.6 Å². The Hall–Kier alpha value is -1.10. The number of amides is 1. The molecular formula is C11H18N2O3. The predicted molar refractivity (Wildman–Crippen MR) is 57.9 cm³/mol. The fraction of sp³-hybridized carbons (Fsp3) is 0.818. The van der Waals surface area contributed by atoms with E-state index in [9.17, 15) is 9.59 Å². The van der Waals surface area contributed by atoms with Crippen LogP contribution in [0.2, 0.25) is 0 Å². The fourth-order valence-corrected chi connectivity index (χ4v) is 1.97. The molecule has 0 radical (unpaired) electrons. The Bertz CT molecular complexity index is 289. The number of nitrogens with one attached hydrogen (secondary N) is 2. The number of rotatable bonds is 6. The van der Waals surface area contributed by atoms with Gasteiger partial charge in [0.2, 0.25) is 5.91 Å². The Kier molecular flexibility index (Phi) is 3.43. The Labute approximate surface area is 94.6 Å². The molecule has 0 spiro atoms. The predicted octanol–water partition coefficient (Wildman–Crippen LogP) is -0.0346. The standard InChI is InChI=1S/C11H18N2O3/c14-10(7-1-2-7)13-6-5-12-9-4-3-8(9)11(15)16/h7-9,12H,1-6H2,(H,13,14)(H,15,16). The van der Waals surface area contributed by atoms with Crippen molar-refractivity contribution < 1.29 is 14.7 Å². The minimum atomic E-state index is -0.717. The van der Waals surface area contributed by atoms with E-state index in [1.807, 2.05) is 0 Å². The van der Waals surface area contributed by atoms with Crippen molar-refractivity contribution in [2.24, 2.45) is 11.8 Å². The van der Waals surface area contributed by atoms with E-state index in [0.29, 0.717) is 13.1 Å². The molecule has 2 atom stereocenters. The van der Waals surface area contributed by atoms with Gasteiger partial charge in [-0.05, 0) is 25.7 Å². The molecule has 5 heteroatoms. The number of hydrogen-bond donors (Lipinski definition) is 3. The smallest absolute Gasteiger partial charge is 0.308 e. The molecular weight excluding hydrogens is 208 g/mol. The van der Waals surface area contributed by atoms with Gasteiger partial charge in [0.25, 0.3) is 0 Å². The van der Waals surface area contributed by atoms with Crippen molar-refractivity contribution in [1.82, 2.24) is 10.6 Å². The molecule has 2 saturated carbocycles. The van der Waals surface area contributed by atoms with Crippen LogP contribution in [0.25, 0.3) is 0 Å². The lowest BCUT2D eigenvalue weighted by Crippen LogP contribution is -2.49. The molecule has 5 nitrogen and oxygen atoms in total. The molecule has 0 aliphatic heterocycles. The van der Waals surface area contributed by atoms with E-state index in [0.717, 1.165) is 25.7 Å². The first-order chi connectivity index (χ1) is 7.68. The Morgan fingerprint density at radius 2 is 1.88 bits per heavy atom. The minimum Gasteiger partial charge on any atom is -0.481 e. The van der Waals surface area contributed by atoms with Crippen LogP contribution in [0.1, 0.15) is 25.7 Å². The summed E-state index contributed by atoms with van der Waals surface area (Å²) in [5.74, 6) is -0.564. The highest BCUT2D eigenvalue weighted by molar-refractivity contribution is 5.80. The van der Waals surface area contributed by atoms with Gasteiger partial charge in [-0.1, -0.05) is 0 Å². The van der Waals surface area contributed by atoms with Gasteiger partial charge in [-0.2, -0.15) is 0 Å². The van der Waals surface area contributed by atoms with Gasteiger partial charge in [-0.3, -0.25) is 9.59 Å². The molecule has 0 aromatic carbocycles. The number of carbonyl (C=O) groups is 2. The van der Waals surface area contributed by atoms with E-state index in [4.69, 9.17) is 5.11 Å². The maximum atomic E-state index is 11.3. The first kappa shape index (κ1) is 11.4. The first-order valence-corrected chi connectivity index (χ1v) is 5.92. The van der Waals surface area contributed by atoms with Crippen LogP contribution in [-0.4, -0.2) is 36.1 Å².